The van der Waals surface area contributed by atoms with Gasteiger partial charge in [-0.05, 0) is 0 Å². The highest BCUT2D eigenvalue weighted by Crippen LogP contribution is 2.39. The number of hydrogen-bond donors (Lipinski definition) is 0. The zero-order valence-electron chi connectivity index (χ0n) is 6.97. The number of hydrogen-bond acceptors (Lipinski definition) is 1. The van der Waals surface area contributed by atoms with E-state index in [0.717, 1.165) is 0 Å². The van der Waals surface area contributed by atoms with Gasteiger partial charge in [0.2, 0.25) is 4.33 Å². The molecule has 0 N–H and O–H groups in total. The summed E-state index contributed by atoms with van der Waals surface area (Å²) in [6.07, 6.45) is 1.64. The fraction of sp³-hybridized carbons (Fsp3) is 0.625. The minimum absolute atomic E-state index is 0.204. The topological polar surface area (TPSA) is 20.3 Å². The third-order valence-corrected chi connectivity index (χ3v) is 3.37. The van der Waals surface area contributed by atoms with Gasteiger partial charge in [0.15, 0.2) is 0 Å². The van der Waals surface area contributed by atoms with Crippen LogP contribution in [0.4, 0.5) is 0 Å². The summed E-state index contributed by atoms with van der Waals surface area (Å²) in [5.41, 5.74) is 0. The van der Waals surface area contributed by atoms with Crippen LogP contribution in [0.3, 0.4) is 0 Å². The Morgan fingerprint density at radius 3 is 2.69 bits per heavy atom. The molecule has 0 aromatic carbocycles. The largest absolute Gasteiger partial charge is 0.336 e. The molecule has 1 fully saturated rings. The Labute approximate surface area is 92.4 Å². The monoisotopic (exact) mass is 241 g/mol. The predicted molar refractivity (Wildman–Crippen MR) is 55.4 cm³/mol. The van der Waals surface area contributed by atoms with E-state index in [9.17, 15) is 4.79 Å². The molecule has 1 unspecified atom stereocenters. The fourth-order valence-corrected chi connectivity index (χ4v) is 2.33. The van der Waals surface area contributed by atoms with Crippen LogP contribution in [-0.4, -0.2) is 34.1 Å². The number of rotatable bonds is 3. The summed E-state index contributed by atoms with van der Waals surface area (Å²) in [6.45, 7) is 4.51. The summed E-state index contributed by atoms with van der Waals surface area (Å²) in [6, 6.07) is 0. The Kier molecular flexibility index (Phi) is 3.50. The number of halogens is 3. The molecule has 1 atom stereocenters. The summed E-state index contributed by atoms with van der Waals surface area (Å²) in [7, 11) is 0. The molecule has 13 heavy (non-hydrogen) atoms. The Morgan fingerprint density at radius 1 is 1.69 bits per heavy atom. The second kappa shape index (κ2) is 4.07. The first-order chi connectivity index (χ1) is 6.04. The molecule has 0 spiro atoms. The highest BCUT2D eigenvalue weighted by atomic mass is 35.5. The Hall–Kier alpha value is 0.0800. The molecule has 1 saturated heterocycles. The van der Waals surface area contributed by atoms with Gasteiger partial charge in [-0.1, -0.05) is 29.3 Å². The van der Waals surface area contributed by atoms with Crippen molar-refractivity contribution in [2.45, 2.75) is 4.33 Å². The van der Waals surface area contributed by atoms with Gasteiger partial charge in [0, 0.05) is 24.9 Å². The first kappa shape index (κ1) is 11.2. The van der Waals surface area contributed by atoms with E-state index in [1.807, 2.05) is 0 Å². The summed E-state index contributed by atoms with van der Waals surface area (Å²) >= 11 is 17.4. The summed E-state index contributed by atoms with van der Waals surface area (Å²) in [5.74, 6) is -0.196. The van der Waals surface area contributed by atoms with Gasteiger partial charge in [-0.15, -0.1) is 18.2 Å². The van der Waals surface area contributed by atoms with Crippen LogP contribution in [0.5, 0.6) is 0 Å². The number of nitrogens with zero attached hydrogens (tertiary/aromatic N) is 1. The lowest BCUT2D eigenvalue weighted by atomic mass is 10.1. The molecule has 0 radical (unpaired) electrons. The first-order valence-corrected chi connectivity index (χ1v) is 5.17. The van der Waals surface area contributed by atoms with Crippen molar-refractivity contribution in [3.8, 4) is 0 Å². The highest BCUT2D eigenvalue weighted by molar-refractivity contribution is 6.59. The molecule has 5 heteroatoms. The Bertz CT molecular complexity index is 229. The van der Waals surface area contributed by atoms with Gasteiger partial charge < -0.3 is 4.90 Å². The van der Waals surface area contributed by atoms with E-state index < -0.39 is 4.33 Å². The molecule has 0 saturated carbocycles. The predicted octanol–water partition coefficient (Wildman–Crippen LogP) is 2.04. The number of carbonyl (C=O) groups is 1. The van der Waals surface area contributed by atoms with Crippen LogP contribution < -0.4 is 0 Å². The first-order valence-electron chi connectivity index (χ1n) is 3.88. The second-order valence-electron chi connectivity index (χ2n) is 2.97. The smallest absolute Gasteiger partial charge is 0.259 e. The zero-order chi connectivity index (χ0) is 10.1. The number of alkyl halides is 3. The van der Waals surface area contributed by atoms with Crippen molar-refractivity contribution in [1.29, 1.82) is 0 Å². The van der Waals surface area contributed by atoms with E-state index in [2.05, 4.69) is 6.58 Å². The SMILES string of the molecule is C=CCN1CC(CCl)C(Cl)(Cl)C1=O. The highest BCUT2D eigenvalue weighted by Gasteiger charge is 2.50. The van der Waals surface area contributed by atoms with E-state index in [0.29, 0.717) is 13.1 Å². The van der Waals surface area contributed by atoms with Gasteiger partial charge in [0.25, 0.3) is 5.91 Å². The van der Waals surface area contributed by atoms with Crippen LogP contribution in [0.25, 0.3) is 0 Å². The van der Waals surface area contributed by atoms with Crippen LogP contribution in [0.15, 0.2) is 12.7 Å². The Morgan fingerprint density at radius 2 is 2.31 bits per heavy atom. The maximum absolute atomic E-state index is 11.5. The van der Waals surface area contributed by atoms with Crippen molar-refractivity contribution in [1.82, 2.24) is 4.90 Å². The molecule has 1 amide bonds. The van der Waals surface area contributed by atoms with Gasteiger partial charge in [0.05, 0.1) is 0 Å². The normalized spacial score (nSPS) is 26.5. The molecule has 0 aromatic heterocycles. The molecule has 74 valence electrons. The minimum Gasteiger partial charge on any atom is -0.336 e. The number of likely N-dealkylation sites (tertiary alicyclic amines) is 1. The van der Waals surface area contributed by atoms with Crippen molar-refractivity contribution in [2.24, 2.45) is 5.92 Å². The lowest BCUT2D eigenvalue weighted by Crippen LogP contribution is -2.33. The van der Waals surface area contributed by atoms with E-state index in [-0.39, 0.29) is 17.7 Å². The molecule has 0 bridgehead atoms. The molecule has 1 rings (SSSR count). The molecule has 2 nitrogen and oxygen atoms in total. The molecule has 0 aromatic rings. The van der Waals surface area contributed by atoms with E-state index in [4.69, 9.17) is 34.8 Å². The van der Waals surface area contributed by atoms with Gasteiger partial charge in [0.1, 0.15) is 0 Å². The standard InChI is InChI=1S/C8H10Cl3NO/c1-2-3-12-5-6(4-9)8(10,11)7(12)13/h2,6H,1,3-5H2. The number of carbonyl (C=O) groups excluding carboxylic acids is 1. The molecule has 1 heterocycles. The van der Waals surface area contributed by atoms with E-state index in [1.165, 1.54) is 0 Å². The second-order valence-corrected chi connectivity index (χ2v) is 4.67. The Balaban J connectivity index is 2.78. The minimum atomic E-state index is -1.36. The maximum atomic E-state index is 11.5. The van der Waals surface area contributed by atoms with Crippen molar-refractivity contribution in [3.05, 3.63) is 12.7 Å². The van der Waals surface area contributed by atoms with Crippen LogP contribution in [0.1, 0.15) is 0 Å². The van der Waals surface area contributed by atoms with Crippen LogP contribution in [0, 0.1) is 5.92 Å². The van der Waals surface area contributed by atoms with Gasteiger partial charge in [-0.3, -0.25) is 4.79 Å². The molecule has 1 aliphatic rings. The average molecular weight is 243 g/mol. The lowest BCUT2D eigenvalue weighted by molar-refractivity contribution is -0.127. The summed E-state index contributed by atoms with van der Waals surface area (Å²) in [5, 5.41) is 0. The van der Waals surface area contributed by atoms with E-state index >= 15 is 0 Å². The average Bonchev–Trinajstić information content (AvgIpc) is 2.29. The number of amides is 1. The quantitative estimate of drug-likeness (QED) is 0.548. The fourth-order valence-electron chi connectivity index (χ4n) is 1.31. The van der Waals surface area contributed by atoms with Gasteiger partial charge in [-0.25, -0.2) is 0 Å². The van der Waals surface area contributed by atoms with E-state index in [1.54, 1.807) is 11.0 Å². The van der Waals surface area contributed by atoms with Gasteiger partial charge >= 0.3 is 0 Å². The van der Waals surface area contributed by atoms with Crippen LogP contribution in [-0.2, 0) is 4.79 Å². The van der Waals surface area contributed by atoms with Crippen LogP contribution >= 0.6 is 34.8 Å². The third-order valence-electron chi connectivity index (χ3n) is 2.06. The summed E-state index contributed by atoms with van der Waals surface area (Å²) in [4.78, 5) is 13.1. The van der Waals surface area contributed by atoms with Crippen molar-refractivity contribution in [2.75, 3.05) is 19.0 Å². The zero-order valence-corrected chi connectivity index (χ0v) is 9.24. The molecular weight excluding hydrogens is 232 g/mol. The molecular formula is C8H10Cl3NO. The van der Waals surface area contributed by atoms with Crippen molar-refractivity contribution in [3.63, 3.8) is 0 Å². The molecule has 0 aliphatic carbocycles. The summed E-state index contributed by atoms with van der Waals surface area (Å²) < 4.78 is -1.36. The van der Waals surface area contributed by atoms with Crippen LogP contribution in [0.2, 0.25) is 0 Å². The van der Waals surface area contributed by atoms with Gasteiger partial charge in [-0.2, -0.15) is 0 Å². The maximum Gasteiger partial charge on any atom is 0.259 e. The third kappa shape index (κ3) is 1.95. The molecule has 1 aliphatic heterocycles. The van der Waals surface area contributed by atoms with Crippen molar-refractivity contribution < 1.29 is 4.79 Å². The lowest BCUT2D eigenvalue weighted by Gasteiger charge is -2.15. The van der Waals surface area contributed by atoms with Crippen molar-refractivity contribution >= 4 is 40.7 Å².